The van der Waals surface area contributed by atoms with E-state index in [2.05, 4.69) is 18.7 Å². The molecule has 0 aromatic heterocycles. The molecular weight excluding hydrogens is 230 g/mol. The summed E-state index contributed by atoms with van der Waals surface area (Å²) in [5.74, 6) is 1.66. The van der Waals surface area contributed by atoms with E-state index in [1.165, 1.54) is 0 Å². The highest BCUT2D eigenvalue weighted by Gasteiger charge is 2.08. The van der Waals surface area contributed by atoms with Crippen molar-refractivity contribution in [2.45, 2.75) is 19.9 Å². The Labute approximate surface area is 109 Å². The first-order valence-electron chi connectivity index (χ1n) is 6.29. The Morgan fingerprint density at radius 3 is 2.22 bits per heavy atom. The minimum Gasteiger partial charge on any atom is -0.497 e. The number of hydrogen-bond acceptors (Lipinski definition) is 4. The predicted molar refractivity (Wildman–Crippen MR) is 72.3 cm³/mol. The summed E-state index contributed by atoms with van der Waals surface area (Å²) in [6, 6.07) is 7.96. The standard InChI is InChI=1S/C14H23NO3/c1-12(2)15(8-10-16)9-11-18-14-6-4-13(17-3)5-7-14/h4-7,12,16H,8-11H2,1-3H3. The van der Waals surface area contributed by atoms with Gasteiger partial charge in [0.1, 0.15) is 18.1 Å². The number of benzene rings is 1. The molecule has 4 nitrogen and oxygen atoms in total. The van der Waals surface area contributed by atoms with Crippen molar-refractivity contribution in [3.05, 3.63) is 24.3 Å². The number of methoxy groups -OCH3 is 1. The van der Waals surface area contributed by atoms with Crippen molar-refractivity contribution >= 4 is 0 Å². The van der Waals surface area contributed by atoms with E-state index in [0.717, 1.165) is 18.0 Å². The van der Waals surface area contributed by atoms with Crippen molar-refractivity contribution in [3.8, 4) is 11.5 Å². The first kappa shape index (κ1) is 14.8. The van der Waals surface area contributed by atoms with Gasteiger partial charge in [-0.3, -0.25) is 4.90 Å². The van der Waals surface area contributed by atoms with Crippen LogP contribution in [0.5, 0.6) is 11.5 Å². The highest BCUT2D eigenvalue weighted by molar-refractivity contribution is 5.31. The number of aliphatic hydroxyl groups is 1. The van der Waals surface area contributed by atoms with Crippen LogP contribution in [0.2, 0.25) is 0 Å². The first-order chi connectivity index (χ1) is 8.67. The predicted octanol–water partition coefficient (Wildman–Crippen LogP) is 1.78. The van der Waals surface area contributed by atoms with Crippen LogP contribution in [0.15, 0.2) is 24.3 Å². The van der Waals surface area contributed by atoms with E-state index in [1.807, 2.05) is 24.3 Å². The van der Waals surface area contributed by atoms with Gasteiger partial charge in [-0.15, -0.1) is 0 Å². The van der Waals surface area contributed by atoms with Gasteiger partial charge in [-0.25, -0.2) is 0 Å². The number of aliphatic hydroxyl groups excluding tert-OH is 1. The van der Waals surface area contributed by atoms with Gasteiger partial charge in [0.2, 0.25) is 0 Å². The van der Waals surface area contributed by atoms with Gasteiger partial charge in [-0.2, -0.15) is 0 Å². The van der Waals surface area contributed by atoms with Crippen LogP contribution in [-0.2, 0) is 0 Å². The highest BCUT2D eigenvalue weighted by atomic mass is 16.5. The fourth-order valence-corrected chi connectivity index (χ4v) is 1.71. The molecule has 0 bridgehead atoms. The van der Waals surface area contributed by atoms with Gasteiger partial charge in [0.05, 0.1) is 13.7 Å². The van der Waals surface area contributed by atoms with Gasteiger partial charge in [0, 0.05) is 19.1 Å². The second-order valence-corrected chi connectivity index (χ2v) is 4.38. The highest BCUT2D eigenvalue weighted by Crippen LogP contribution is 2.16. The van der Waals surface area contributed by atoms with Gasteiger partial charge < -0.3 is 14.6 Å². The monoisotopic (exact) mass is 253 g/mol. The minimum absolute atomic E-state index is 0.181. The average Bonchev–Trinajstić information content (AvgIpc) is 2.38. The van der Waals surface area contributed by atoms with Crippen LogP contribution in [-0.4, -0.2) is 49.5 Å². The number of hydrogen-bond donors (Lipinski definition) is 1. The van der Waals surface area contributed by atoms with Crippen LogP contribution in [0.25, 0.3) is 0 Å². The van der Waals surface area contributed by atoms with Crippen molar-refractivity contribution in [1.82, 2.24) is 4.90 Å². The molecular formula is C14H23NO3. The van der Waals surface area contributed by atoms with Crippen LogP contribution in [0.4, 0.5) is 0 Å². The zero-order valence-corrected chi connectivity index (χ0v) is 11.4. The normalized spacial score (nSPS) is 11.0. The van der Waals surface area contributed by atoms with E-state index in [4.69, 9.17) is 14.6 Å². The third-order valence-corrected chi connectivity index (χ3v) is 2.82. The van der Waals surface area contributed by atoms with Crippen LogP contribution in [0.3, 0.4) is 0 Å². The molecule has 102 valence electrons. The van der Waals surface area contributed by atoms with Gasteiger partial charge in [0.25, 0.3) is 0 Å². The lowest BCUT2D eigenvalue weighted by atomic mass is 10.3. The van der Waals surface area contributed by atoms with Crippen LogP contribution in [0.1, 0.15) is 13.8 Å². The number of nitrogens with zero attached hydrogens (tertiary/aromatic N) is 1. The molecule has 0 atom stereocenters. The Bertz CT molecular complexity index is 324. The lowest BCUT2D eigenvalue weighted by molar-refractivity contribution is 0.141. The smallest absolute Gasteiger partial charge is 0.119 e. The fourth-order valence-electron chi connectivity index (χ4n) is 1.71. The Morgan fingerprint density at radius 1 is 1.11 bits per heavy atom. The van der Waals surface area contributed by atoms with Gasteiger partial charge in [-0.05, 0) is 38.1 Å². The summed E-state index contributed by atoms with van der Waals surface area (Å²) in [6.45, 7) is 6.52. The van der Waals surface area contributed by atoms with Gasteiger partial charge >= 0.3 is 0 Å². The molecule has 1 N–H and O–H groups in total. The third kappa shape index (κ3) is 4.94. The summed E-state index contributed by atoms with van der Waals surface area (Å²) in [6.07, 6.45) is 0. The zero-order valence-electron chi connectivity index (χ0n) is 11.4. The zero-order chi connectivity index (χ0) is 13.4. The largest absolute Gasteiger partial charge is 0.497 e. The van der Waals surface area contributed by atoms with Gasteiger partial charge in [0.15, 0.2) is 0 Å². The van der Waals surface area contributed by atoms with Crippen molar-refractivity contribution in [1.29, 1.82) is 0 Å². The second-order valence-electron chi connectivity index (χ2n) is 4.38. The molecule has 0 aliphatic heterocycles. The number of rotatable bonds is 8. The summed E-state index contributed by atoms with van der Waals surface area (Å²) in [5, 5.41) is 8.96. The maximum absolute atomic E-state index is 8.96. The average molecular weight is 253 g/mol. The SMILES string of the molecule is COc1ccc(OCCN(CCO)C(C)C)cc1. The third-order valence-electron chi connectivity index (χ3n) is 2.82. The first-order valence-corrected chi connectivity index (χ1v) is 6.29. The summed E-state index contributed by atoms with van der Waals surface area (Å²) in [4.78, 5) is 2.18. The molecule has 1 rings (SSSR count). The Kier molecular flexibility index (Phi) is 6.54. The molecule has 18 heavy (non-hydrogen) atoms. The molecule has 0 radical (unpaired) electrons. The van der Waals surface area contributed by atoms with E-state index in [1.54, 1.807) is 7.11 Å². The molecule has 4 heteroatoms. The molecule has 0 saturated carbocycles. The summed E-state index contributed by atoms with van der Waals surface area (Å²) in [5.41, 5.74) is 0. The maximum atomic E-state index is 8.96. The van der Waals surface area contributed by atoms with Crippen molar-refractivity contribution in [2.75, 3.05) is 33.4 Å². The van der Waals surface area contributed by atoms with E-state index < -0.39 is 0 Å². The molecule has 0 amide bonds. The van der Waals surface area contributed by atoms with Crippen molar-refractivity contribution in [3.63, 3.8) is 0 Å². The molecule has 1 aromatic rings. The molecule has 0 aliphatic carbocycles. The molecule has 0 fully saturated rings. The van der Waals surface area contributed by atoms with E-state index >= 15 is 0 Å². The van der Waals surface area contributed by atoms with Crippen molar-refractivity contribution < 1.29 is 14.6 Å². The Hall–Kier alpha value is -1.26. The van der Waals surface area contributed by atoms with Crippen LogP contribution in [0, 0.1) is 0 Å². The molecule has 1 aromatic carbocycles. The van der Waals surface area contributed by atoms with Gasteiger partial charge in [-0.1, -0.05) is 0 Å². The van der Waals surface area contributed by atoms with E-state index in [0.29, 0.717) is 19.2 Å². The van der Waals surface area contributed by atoms with E-state index in [-0.39, 0.29) is 6.61 Å². The summed E-state index contributed by atoms with van der Waals surface area (Å²) >= 11 is 0. The quantitative estimate of drug-likeness (QED) is 0.767. The fraction of sp³-hybridized carbons (Fsp3) is 0.571. The molecule has 0 unspecified atom stereocenters. The second kappa shape index (κ2) is 7.95. The van der Waals surface area contributed by atoms with Crippen LogP contribution >= 0.6 is 0 Å². The van der Waals surface area contributed by atoms with Crippen LogP contribution < -0.4 is 9.47 Å². The lowest BCUT2D eigenvalue weighted by Crippen LogP contribution is -2.36. The molecule has 0 saturated heterocycles. The lowest BCUT2D eigenvalue weighted by Gasteiger charge is -2.25. The Balaban J connectivity index is 2.35. The molecule has 0 spiro atoms. The van der Waals surface area contributed by atoms with E-state index in [9.17, 15) is 0 Å². The number of ether oxygens (including phenoxy) is 2. The molecule has 0 aliphatic rings. The minimum atomic E-state index is 0.181. The summed E-state index contributed by atoms with van der Waals surface area (Å²) < 4.78 is 10.7. The topological polar surface area (TPSA) is 41.9 Å². The maximum Gasteiger partial charge on any atom is 0.119 e. The Morgan fingerprint density at radius 2 is 1.72 bits per heavy atom. The molecule has 0 heterocycles. The van der Waals surface area contributed by atoms with Crippen molar-refractivity contribution in [2.24, 2.45) is 0 Å². The summed E-state index contributed by atoms with van der Waals surface area (Å²) in [7, 11) is 1.64.